The third-order valence-corrected chi connectivity index (χ3v) is 4.45. The summed E-state index contributed by atoms with van der Waals surface area (Å²) in [7, 11) is 0. The Kier molecular flexibility index (Phi) is 5.76. The molecule has 1 aromatic carbocycles. The molecule has 4 heteroatoms. The Balaban J connectivity index is 1.88. The lowest BCUT2D eigenvalue weighted by Gasteiger charge is -2.19. The summed E-state index contributed by atoms with van der Waals surface area (Å²) < 4.78 is 0. The van der Waals surface area contributed by atoms with E-state index in [4.69, 9.17) is 5.73 Å². The van der Waals surface area contributed by atoms with Crippen molar-refractivity contribution in [1.29, 1.82) is 0 Å². The fourth-order valence-corrected chi connectivity index (χ4v) is 3.12. The number of hydrogen-bond acceptors (Lipinski definition) is 3. The first-order valence-electron chi connectivity index (χ1n) is 7.91. The zero-order valence-corrected chi connectivity index (χ0v) is 12.7. The van der Waals surface area contributed by atoms with E-state index in [2.05, 4.69) is 12.2 Å². The summed E-state index contributed by atoms with van der Waals surface area (Å²) in [6, 6.07) is 7.65. The third-order valence-electron chi connectivity index (χ3n) is 4.45. The second-order valence-electron chi connectivity index (χ2n) is 5.91. The van der Waals surface area contributed by atoms with Gasteiger partial charge in [-0.15, -0.1) is 0 Å². The van der Waals surface area contributed by atoms with Crippen LogP contribution in [0, 0.1) is 5.92 Å². The number of nitrogens with two attached hydrogens (primary N) is 1. The Morgan fingerprint density at radius 2 is 2.19 bits per heavy atom. The Morgan fingerprint density at radius 1 is 1.43 bits per heavy atom. The average molecular weight is 290 g/mol. The van der Waals surface area contributed by atoms with Crippen molar-refractivity contribution >= 4 is 5.91 Å². The fraction of sp³-hybridized carbons (Fsp3) is 0.588. The van der Waals surface area contributed by atoms with E-state index in [0.717, 1.165) is 30.4 Å². The molecular formula is C17H26N2O2. The van der Waals surface area contributed by atoms with Crippen LogP contribution in [0.4, 0.5) is 0 Å². The van der Waals surface area contributed by atoms with Gasteiger partial charge in [0.1, 0.15) is 0 Å². The van der Waals surface area contributed by atoms with Gasteiger partial charge < -0.3 is 16.2 Å². The van der Waals surface area contributed by atoms with Crippen LogP contribution >= 0.6 is 0 Å². The first-order chi connectivity index (χ1) is 10.2. The van der Waals surface area contributed by atoms with Crippen LogP contribution in [-0.4, -0.2) is 23.7 Å². The zero-order valence-electron chi connectivity index (χ0n) is 12.7. The van der Waals surface area contributed by atoms with E-state index in [9.17, 15) is 9.90 Å². The summed E-state index contributed by atoms with van der Waals surface area (Å²) in [6.07, 6.45) is 3.50. The largest absolute Gasteiger partial charge is 0.390 e. The molecule has 2 rings (SSSR count). The van der Waals surface area contributed by atoms with Crippen LogP contribution in [0.2, 0.25) is 0 Å². The maximum absolute atomic E-state index is 12.1. The molecule has 0 radical (unpaired) electrons. The van der Waals surface area contributed by atoms with Crippen molar-refractivity contribution in [3.8, 4) is 0 Å². The van der Waals surface area contributed by atoms with Crippen LogP contribution in [0.5, 0.6) is 0 Å². The molecule has 1 unspecified atom stereocenters. The summed E-state index contributed by atoms with van der Waals surface area (Å²) in [6.45, 7) is 2.81. The highest BCUT2D eigenvalue weighted by Gasteiger charge is 2.31. The Labute approximate surface area is 126 Å². The van der Waals surface area contributed by atoms with Gasteiger partial charge in [-0.05, 0) is 36.4 Å². The van der Waals surface area contributed by atoms with E-state index in [-0.39, 0.29) is 11.9 Å². The number of aliphatic hydroxyl groups excluding tert-OH is 1. The van der Waals surface area contributed by atoms with Gasteiger partial charge in [-0.1, -0.05) is 37.6 Å². The SMILES string of the molecule is CCC(CCN)CCC(=O)N[C@H]1c2ccccc2C[C@H]1O. The summed E-state index contributed by atoms with van der Waals surface area (Å²) in [5.74, 6) is 0.535. The normalized spacial score (nSPS) is 21.9. The van der Waals surface area contributed by atoms with Gasteiger partial charge in [-0.2, -0.15) is 0 Å². The molecule has 0 saturated heterocycles. The van der Waals surface area contributed by atoms with Crippen LogP contribution < -0.4 is 11.1 Å². The highest BCUT2D eigenvalue weighted by atomic mass is 16.3. The van der Waals surface area contributed by atoms with E-state index in [1.54, 1.807) is 0 Å². The minimum Gasteiger partial charge on any atom is -0.390 e. The molecule has 1 aliphatic rings. The highest BCUT2D eigenvalue weighted by molar-refractivity contribution is 5.76. The van der Waals surface area contributed by atoms with Crippen molar-refractivity contribution in [1.82, 2.24) is 5.32 Å². The lowest BCUT2D eigenvalue weighted by molar-refractivity contribution is -0.122. The number of hydrogen-bond donors (Lipinski definition) is 3. The van der Waals surface area contributed by atoms with Crippen molar-refractivity contribution in [3.05, 3.63) is 35.4 Å². The topological polar surface area (TPSA) is 75.4 Å². The molecule has 0 aliphatic heterocycles. The fourth-order valence-electron chi connectivity index (χ4n) is 3.12. The van der Waals surface area contributed by atoms with Crippen LogP contribution in [-0.2, 0) is 11.2 Å². The number of benzene rings is 1. The minimum atomic E-state index is -0.516. The van der Waals surface area contributed by atoms with Gasteiger partial charge in [0.15, 0.2) is 0 Å². The molecule has 3 atom stereocenters. The summed E-state index contributed by atoms with van der Waals surface area (Å²) in [5, 5.41) is 13.1. The number of aliphatic hydroxyl groups is 1. The maximum Gasteiger partial charge on any atom is 0.220 e. The molecule has 4 nitrogen and oxygen atoms in total. The number of carbonyl (C=O) groups is 1. The van der Waals surface area contributed by atoms with E-state index in [1.807, 2.05) is 24.3 Å². The predicted molar refractivity (Wildman–Crippen MR) is 83.7 cm³/mol. The van der Waals surface area contributed by atoms with Crippen molar-refractivity contribution in [2.24, 2.45) is 11.7 Å². The molecule has 0 spiro atoms. The summed E-state index contributed by atoms with van der Waals surface area (Å²) in [5.41, 5.74) is 7.76. The molecule has 0 aromatic heterocycles. The molecule has 4 N–H and O–H groups in total. The van der Waals surface area contributed by atoms with Gasteiger partial charge in [0.25, 0.3) is 0 Å². The Morgan fingerprint density at radius 3 is 2.90 bits per heavy atom. The highest BCUT2D eigenvalue weighted by Crippen LogP contribution is 2.31. The van der Waals surface area contributed by atoms with Crippen LogP contribution in [0.25, 0.3) is 0 Å². The van der Waals surface area contributed by atoms with Gasteiger partial charge in [-0.3, -0.25) is 4.79 Å². The molecule has 21 heavy (non-hydrogen) atoms. The number of nitrogens with one attached hydrogen (secondary N) is 1. The smallest absolute Gasteiger partial charge is 0.220 e. The molecule has 1 amide bonds. The van der Waals surface area contributed by atoms with Crippen LogP contribution in [0.1, 0.15) is 49.8 Å². The molecule has 0 bridgehead atoms. The first-order valence-corrected chi connectivity index (χ1v) is 7.91. The molecule has 1 aromatic rings. The molecule has 0 fully saturated rings. The zero-order chi connectivity index (χ0) is 15.2. The van der Waals surface area contributed by atoms with Gasteiger partial charge >= 0.3 is 0 Å². The molecular weight excluding hydrogens is 264 g/mol. The van der Waals surface area contributed by atoms with Gasteiger partial charge in [0.05, 0.1) is 12.1 Å². The van der Waals surface area contributed by atoms with Crippen LogP contribution in [0.3, 0.4) is 0 Å². The first kappa shape index (κ1) is 16.0. The van der Waals surface area contributed by atoms with Gasteiger partial charge in [0.2, 0.25) is 5.91 Å². The Bertz CT molecular complexity index is 476. The second-order valence-corrected chi connectivity index (χ2v) is 5.91. The third kappa shape index (κ3) is 4.05. The quantitative estimate of drug-likeness (QED) is 0.718. The van der Waals surface area contributed by atoms with E-state index >= 15 is 0 Å². The van der Waals surface area contributed by atoms with Gasteiger partial charge in [0, 0.05) is 12.8 Å². The minimum absolute atomic E-state index is 0.0197. The second kappa shape index (κ2) is 7.57. The molecule has 0 saturated carbocycles. The monoisotopic (exact) mass is 290 g/mol. The van der Waals surface area contributed by atoms with Crippen molar-refractivity contribution < 1.29 is 9.90 Å². The summed E-state index contributed by atoms with van der Waals surface area (Å²) >= 11 is 0. The Hall–Kier alpha value is -1.39. The van der Waals surface area contributed by atoms with Gasteiger partial charge in [-0.25, -0.2) is 0 Å². The number of rotatable bonds is 7. The lowest BCUT2D eigenvalue weighted by atomic mass is 9.96. The molecule has 1 aliphatic carbocycles. The number of fused-ring (bicyclic) bond motifs is 1. The predicted octanol–water partition coefficient (Wildman–Crippen LogP) is 1.92. The van der Waals surface area contributed by atoms with Crippen molar-refractivity contribution in [3.63, 3.8) is 0 Å². The average Bonchev–Trinajstić information content (AvgIpc) is 2.80. The number of carbonyl (C=O) groups excluding carboxylic acids is 1. The maximum atomic E-state index is 12.1. The molecule has 116 valence electrons. The standard InChI is InChI=1S/C17H26N2O2/c1-2-12(9-10-18)7-8-16(21)19-17-14-6-4-3-5-13(14)11-15(17)20/h3-6,12,15,17,20H,2,7-11,18H2,1H3,(H,19,21)/t12?,15-,17+/m1/s1. The summed E-state index contributed by atoms with van der Waals surface area (Å²) in [4.78, 5) is 12.1. The van der Waals surface area contributed by atoms with E-state index < -0.39 is 6.10 Å². The molecule has 0 heterocycles. The van der Waals surface area contributed by atoms with Crippen LogP contribution in [0.15, 0.2) is 24.3 Å². The van der Waals surface area contributed by atoms with Crippen molar-refractivity contribution in [2.45, 2.75) is 51.2 Å². The van der Waals surface area contributed by atoms with Crippen molar-refractivity contribution in [2.75, 3.05) is 6.54 Å². The lowest BCUT2D eigenvalue weighted by Crippen LogP contribution is -2.34. The van der Waals surface area contributed by atoms with E-state index in [0.29, 0.717) is 25.3 Å². The van der Waals surface area contributed by atoms with E-state index in [1.165, 1.54) is 0 Å². The number of amides is 1.